The largest absolute Gasteiger partial charge is 0.287 e. The number of rotatable bonds is 2. The van der Waals surface area contributed by atoms with Crippen molar-refractivity contribution in [1.29, 1.82) is 0 Å². The summed E-state index contributed by atoms with van der Waals surface area (Å²) in [4.78, 5) is 17.1. The quantitative estimate of drug-likeness (QED) is 0.768. The van der Waals surface area contributed by atoms with Gasteiger partial charge in [-0.1, -0.05) is 0 Å². The molecule has 0 atom stereocenters. The fourth-order valence-electron chi connectivity index (χ4n) is 0.881. The van der Waals surface area contributed by atoms with Crippen molar-refractivity contribution in [3.8, 4) is 0 Å². The number of hydroxylamine groups is 2. The van der Waals surface area contributed by atoms with Crippen LogP contribution in [0.5, 0.6) is 0 Å². The predicted octanol–water partition coefficient (Wildman–Crippen LogP) is 2.45. The van der Waals surface area contributed by atoms with E-state index in [2.05, 4.69) is 15.9 Å². The maximum Gasteiger partial charge on any atom is 0.287 e. The Bertz CT molecular complexity index is 324. The molecule has 0 spiro atoms. The van der Waals surface area contributed by atoms with Gasteiger partial charge in [-0.3, -0.25) is 9.63 Å². The molecule has 0 radical (unpaired) electrons. The fraction of sp³-hybridized carbons (Fsp3) is 0.375. The number of amides is 1. The minimum absolute atomic E-state index is 0.115. The number of thiophene rings is 1. The maximum atomic E-state index is 11.6. The molecule has 1 aromatic rings. The second-order valence-corrected chi connectivity index (χ2v) is 4.98. The molecule has 0 saturated heterocycles. The van der Waals surface area contributed by atoms with Gasteiger partial charge in [0.05, 0.1) is 15.8 Å². The Morgan fingerprint density at radius 3 is 2.69 bits per heavy atom. The first-order chi connectivity index (χ1) is 6.06. The van der Waals surface area contributed by atoms with Crippen molar-refractivity contribution in [3.63, 3.8) is 0 Å². The summed E-state index contributed by atoms with van der Waals surface area (Å²) in [5.74, 6) is -0.115. The SMILES string of the molecule is CON(C)C(=O)c1sc(Br)cc1C. The maximum absolute atomic E-state index is 11.6. The van der Waals surface area contributed by atoms with Crippen LogP contribution in [0.15, 0.2) is 9.85 Å². The van der Waals surface area contributed by atoms with Gasteiger partial charge < -0.3 is 0 Å². The van der Waals surface area contributed by atoms with Crippen LogP contribution in [0.25, 0.3) is 0 Å². The molecule has 1 amide bonds. The fourth-order valence-corrected chi connectivity index (χ4v) is 2.58. The summed E-state index contributed by atoms with van der Waals surface area (Å²) in [6.45, 7) is 1.90. The van der Waals surface area contributed by atoms with E-state index in [1.807, 2.05) is 13.0 Å². The van der Waals surface area contributed by atoms with E-state index in [0.29, 0.717) is 4.88 Å². The molecule has 0 aromatic carbocycles. The lowest BCUT2D eigenvalue weighted by molar-refractivity contribution is -0.0754. The minimum atomic E-state index is -0.115. The summed E-state index contributed by atoms with van der Waals surface area (Å²) in [5, 5.41) is 1.21. The van der Waals surface area contributed by atoms with Gasteiger partial charge in [0.1, 0.15) is 0 Å². The van der Waals surface area contributed by atoms with Crippen molar-refractivity contribution < 1.29 is 9.63 Å². The van der Waals surface area contributed by atoms with Gasteiger partial charge in [-0.05, 0) is 34.5 Å². The van der Waals surface area contributed by atoms with Crippen LogP contribution < -0.4 is 0 Å². The van der Waals surface area contributed by atoms with Crippen molar-refractivity contribution in [2.45, 2.75) is 6.92 Å². The normalized spacial score (nSPS) is 10.2. The summed E-state index contributed by atoms with van der Waals surface area (Å²) < 4.78 is 0.956. The van der Waals surface area contributed by atoms with Crippen molar-refractivity contribution >= 4 is 33.2 Å². The topological polar surface area (TPSA) is 29.5 Å². The summed E-state index contributed by atoms with van der Waals surface area (Å²) in [6.07, 6.45) is 0. The average molecular weight is 264 g/mol. The second kappa shape index (κ2) is 4.21. The molecule has 0 aliphatic rings. The number of carbonyl (C=O) groups excluding carboxylic acids is 1. The Hall–Kier alpha value is -0.390. The standard InChI is InChI=1S/C8H10BrNO2S/c1-5-4-6(9)13-7(5)8(11)10(2)12-3/h4H,1-3H3. The Labute approximate surface area is 89.4 Å². The molecule has 0 N–H and O–H groups in total. The van der Waals surface area contributed by atoms with E-state index in [4.69, 9.17) is 4.84 Å². The summed E-state index contributed by atoms with van der Waals surface area (Å²) >= 11 is 4.74. The van der Waals surface area contributed by atoms with Gasteiger partial charge in [-0.25, -0.2) is 5.06 Å². The van der Waals surface area contributed by atoms with Gasteiger partial charge in [-0.15, -0.1) is 11.3 Å². The molecule has 1 rings (SSSR count). The first-order valence-electron chi connectivity index (χ1n) is 3.64. The Morgan fingerprint density at radius 2 is 2.31 bits per heavy atom. The van der Waals surface area contributed by atoms with Crippen molar-refractivity contribution in [2.75, 3.05) is 14.2 Å². The van der Waals surface area contributed by atoms with Crippen LogP contribution in [-0.2, 0) is 4.84 Å². The minimum Gasteiger partial charge on any atom is -0.274 e. The molecule has 1 heterocycles. The van der Waals surface area contributed by atoms with E-state index < -0.39 is 0 Å². The molecule has 0 aliphatic heterocycles. The van der Waals surface area contributed by atoms with E-state index in [-0.39, 0.29) is 5.91 Å². The smallest absolute Gasteiger partial charge is 0.274 e. The van der Waals surface area contributed by atoms with E-state index in [0.717, 1.165) is 9.35 Å². The van der Waals surface area contributed by atoms with Crippen LogP contribution >= 0.6 is 27.3 Å². The van der Waals surface area contributed by atoms with Crippen LogP contribution in [0.2, 0.25) is 0 Å². The van der Waals surface area contributed by atoms with Gasteiger partial charge in [0, 0.05) is 7.05 Å². The van der Waals surface area contributed by atoms with Crippen molar-refractivity contribution in [1.82, 2.24) is 5.06 Å². The van der Waals surface area contributed by atoms with Crippen molar-refractivity contribution in [2.24, 2.45) is 0 Å². The molecule has 72 valence electrons. The monoisotopic (exact) mass is 263 g/mol. The highest BCUT2D eigenvalue weighted by Gasteiger charge is 2.16. The Balaban J connectivity index is 2.94. The van der Waals surface area contributed by atoms with E-state index in [1.54, 1.807) is 7.05 Å². The van der Waals surface area contributed by atoms with Gasteiger partial charge in [0.25, 0.3) is 5.91 Å². The highest BCUT2D eigenvalue weighted by molar-refractivity contribution is 9.11. The number of nitrogens with zero attached hydrogens (tertiary/aromatic N) is 1. The molecule has 0 fully saturated rings. The number of hydrogen-bond acceptors (Lipinski definition) is 3. The number of carbonyl (C=O) groups is 1. The predicted molar refractivity (Wildman–Crippen MR) is 55.9 cm³/mol. The summed E-state index contributed by atoms with van der Waals surface area (Å²) in [5.41, 5.74) is 0.964. The van der Waals surface area contributed by atoms with Crippen molar-refractivity contribution in [3.05, 3.63) is 20.3 Å². The van der Waals surface area contributed by atoms with Gasteiger partial charge in [0.15, 0.2) is 0 Å². The lowest BCUT2D eigenvalue weighted by atomic mass is 10.3. The first kappa shape index (κ1) is 10.7. The van der Waals surface area contributed by atoms with Gasteiger partial charge >= 0.3 is 0 Å². The third-order valence-corrected chi connectivity index (χ3v) is 3.37. The third-order valence-electron chi connectivity index (χ3n) is 1.64. The molecule has 1 aromatic heterocycles. The van der Waals surface area contributed by atoms with Crippen LogP contribution in [0.4, 0.5) is 0 Å². The number of aryl methyl sites for hydroxylation is 1. The van der Waals surface area contributed by atoms with Crippen LogP contribution in [0, 0.1) is 6.92 Å². The zero-order valence-electron chi connectivity index (χ0n) is 7.63. The summed E-state index contributed by atoms with van der Waals surface area (Å²) in [6, 6.07) is 1.92. The van der Waals surface area contributed by atoms with E-state index in [9.17, 15) is 4.79 Å². The highest BCUT2D eigenvalue weighted by Crippen LogP contribution is 2.27. The van der Waals surface area contributed by atoms with Crippen LogP contribution in [0.3, 0.4) is 0 Å². The molecule has 5 heteroatoms. The zero-order chi connectivity index (χ0) is 10.0. The number of halogens is 1. The van der Waals surface area contributed by atoms with E-state index >= 15 is 0 Å². The molecule has 0 saturated carbocycles. The highest BCUT2D eigenvalue weighted by atomic mass is 79.9. The van der Waals surface area contributed by atoms with Crippen LogP contribution in [-0.4, -0.2) is 25.1 Å². The lowest BCUT2D eigenvalue weighted by Crippen LogP contribution is -2.24. The third kappa shape index (κ3) is 2.30. The van der Waals surface area contributed by atoms with Gasteiger partial charge in [0.2, 0.25) is 0 Å². The molecule has 0 unspecified atom stereocenters. The average Bonchev–Trinajstić information content (AvgIpc) is 2.42. The lowest BCUT2D eigenvalue weighted by Gasteiger charge is -2.12. The second-order valence-electron chi connectivity index (χ2n) is 2.55. The Kier molecular flexibility index (Phi) is 3.47. The molecule has 0 aliphatic carbocycles. The molecule has 3 nitrogen and oxygen atoms in total. The first-order valence-corrected chi connectivity index (χ1v) is 5.25. The number of hydrogen-bond donors (Lipinski definition) is 0. The molecular formula is C8H10BrNO2S. The molecule has 13 heavy (non-hydrogen) atoms. The summed E-state index contributed by atoms with van der Waals surface area (Å²) in [7, 11) is 3.06. The molecule has 0 bridgehead atoms. The molecular weight excluding hydrogens is 254 g/mol. The van der Waals surface area contributed by atoms with Crippen LogP contribution in [0.1, 0.15) is 15.2 Å². The van der Waals surface area contributed by atoms with E-state index in [1.165, 1.54) is 23.5 Å². The Morgan fingerprint density at radius 1 is 1.69 bits per heavy atom. The van der Waals surface area contributed by atoms with Gasteiger partial charge in [-0.2, -0.15) is 0 Å². The zero-order valence-corrected chi connectivity index (χ0v) is 10.0.